The lowest BCUT2D eigenvalue weighted by Crippen LogP contribution is -2.57. The Morgan fingerprint density at radius 1 is 1.26 bits per heavy atom. The normalized spacial score (nSPS) is 33.5. The molecule has 1 heterocycles. The van der Waals surface area contributed by atoms with Gasteiger partial charge in [0.1, 0.15) is 6.54 Å². The van der Waals surface area contributed by atoms with Gasteiger partial charge in [-0.05, 0) is 37.5 Å². The molecule has 4 amide bonds. The minimum absolute atomic E-state index is 0. The van der Waals surface area contributed by atoms with Crippen LogP contribution in [-0.4, -0.2) is 47.9 Å². The Bertz CT molecular complexity index is 473. The fourth-order valence-corrected chi connectivity index (χ4v) is 4.18. The van der Waals surface area contributed by atoms with Gasteiger partial charge in [0.05, 0.1) is 0 Å². The molecule has 3 aliphatic rings. The van der Waals surface area contributed by atoms with E-state index in [1.807, 2.05) is 0 Å². The number of hydrogen-bond acceptors (Lipinski definition) is 4. The molecule has 0 aromatic heterocycles. The molecule has 2 unspecified atom stereocenters. The summed E-state index contributed by atoms with van der Waals surface area (Å²) in [5, 5.41) is 5.36. The van der Waals surface area contributed by atoms with Crippen LogP contribution in [0.25, 0.3) is 0 Å². The molecule has 2 atom stereocenters. The van der Waals surface area contributed by atoms with Crippen molar-refractivity contribution in [2.75, 3.05) is 13.1 Å². The van der Waals surface area contributed by atoms with Crippen LogP contribution in [-0.2, 0) is 9.59 Å². The van der Waals surface area contributed by atoms with Gasteiger partial charge in [-0.3, -0.25) is 14.9 Å². The van der Waals surface area contributed by atoms with Gasteiger partial charge >= 0.3 is 6.03 Å². The van der Waals surface area contributed by atoms with Crippen LogP contribution in [0, 0.1) is 11.8 Å². The fourth-order valence-electron chi connectivity index (χ4n) is 4.18. The first-order valence-corrected chi connectivity index (χ1v) is 8.16. The molecule has 1 saturated heterocycles. The highest BCUT2D eigenvalue weighted by atomic mass is 35.5. The molecule has 4 N–H and O–H groups in total. The van der Waals surface area contributed by atoms with Crippen molar-refractivity contribution in [1.29, 1.82) is 0 Å². The Labute approximate surface area is 142 Å². The zero-order chi connectivity index (χ0) is 15.7. The molecule has 3 fully saturated rings. The summed E-state index contributed by atoms with van der Waals surface area (Å²) >= 11 is 0. The lowest BCUT2D eigenvalue weighted by atomic mass is 9.67. The topological polar surface area (TPSA) is 105 Å². The van der Waals surface area contributed by atoms with Crippen molar-refractivity contribution < 1.29 is 14.4 Å². The van der Waals surface area contributed by atoms with Crippen molar-refractivity contribution in [3.63, 3.8) is 0 Å². The van der Waals surface area contributed by atoms with E-state index in [0.717, 1.165) is 25.7 Å². The highest BCUT2D eigenvalue weighted by Gasteiger charge is 2.40. The summed E-state index contributed by atoms with van der Waals surface area (Å²) in [7, 11) is 0. The molecule has 0 radical (unpaired) electrons. The molecular formula is C15H25ClN4O3. The third-order valence-electron chi connectivity index (χ3n) is 5.18. The van der Waals surface area contributed by atoms with Crippen LogP contribution in [0.1, 0.15) is 38.5 Å². The van der Waals surface area contributed by atoms with Crippen LogP contribution in [0.3, 0.4) is 0 Å². The number of nitrogens with two attached hydrogens (primary N) is 1. The number of urea groups is 1. The van der Waals surface area contributed by atoms with E-state index in [-0.39, 0.29) is 49.3 Å². The van der Waals surface area contributed by atoms with Crippen molar-refractivity contribution >= 4 is 30.3 Å². The Morgan fingerprint density at radius 2 is 1.91 bits per heavy atom. The Balaban J connectivity index is 0.00000192. The maximum absolute atomic E-state index is 12.3. The van der Waals surface area contributed by atoms with E-state index in [2.05, 4.69) is 10.6 Å². The van der Waals surface area contributed by atoms with Crippen LogP contribution in [0.4, 0.5) is 4.79 Å². The van der Waals surface area contributed by atoms with E-state index in [9.17, 15) is 14.4 Å². The monoisotopic (exact) mass is 344 g/mol. The number of nitrogens with zero attached hydrogens (tertiary/aromatic N) is 1. The van der Waals surface area contributed by atoms with Gasteiger partial charge in [-0.25, -0.2) is 4.79 Å². The summed E-state index contributed by atoms with van der Waals surface area (Å²) in [6.45, 7) is 0.321. The highest BCUT2D eigenvalue weighted by molar-refractivity contribution is 5.98. The molecule has 2 bridgehead atoms. The molecule has 2 aliphatic carbocycles. The number of imide groups is 1. The van der Waals surface area contributed by atoms with Gasteiger partial charge in [0.15, 0.2) is 0 Å². The van der Waals surface area contributed by atoms with Crippen LogP contribution >= 0.6 is 12.4 Å². The third kappa shape index (κ3) is 4.14. The molecular weight excluding hydrogens is 320 g/mol. The molecule has 130 valence electrons. The number of hydrogen-bond donors (Lipinski definition) is 3. The zero-order valence-corrected chi connectivity index (χ0v) is 13.9. The average molecular weight is 345 g/mol. The first kappa shape index (κ1) is 18.0. The first-order valence-electron chi connectivity index (χ1n) is 8.16. The maximum Gasteiger partial charge on any atom is 0.324 e. The SMILES string of the molecule is Cl.NC1CC2CCCC(C1)C2NC(=O)CN1CCC(=O)NC1=O. The van der Waals surface area contributed by atoms with Crippen LogP contribution < -0.4 is 16.4 Å². The minimum atomic E-state index is -0.475. The fraction of sp³-hybridized carbons (Fsp3) is 0.800. The second-order valence-electron chi connectivity index (χ2n) is 6.80. The number of amides is 4. The lowest BCUT2D eigenvalue weighted by Gasteiger charge is -2.45. The summed E-state index contributed by atoms with van der Waals surface area (Å²) in [4.78, 5) is 36.4. The molecule has 23 heavy (non-hydrogen) atoms. The minimum Gasteiger partial charge on any atom is -0.351 e. The number of rotatable bonds is 3. The Kier molecular flexibility index (Phi) is 5.86. The van der Waals surface area contributed by atoms with Crippen molar-refractivity contribution in [3.05, 3.63) is 0 Å². The van der Waals surface area contributed by atoms with Crippen LogP contribution in [0.15, 0.2) is 0 Å². The van der Waals surface area contributed by atoms with Crippen LogP contribution in [0.5, 0.6) is 0 Å². The standard InChI is InChI=1S/C15H24N4O3.ClH/c16-11-6-9-2-1-3-10(7-11)14(9)17-13(21)8-19-5-4-12(20)18-15(19)22;/h9-11,14H,1-8,16H2,(H,17,21)(H,18,20,22);1H. The highest BCUT2D eigenvalue weighted by Crippen LogP contribution is 2.39. The summed E-state index contributed by atoms with van der Waals surface area (Å²) in [5.74, 6) is 0.505. The van der Waals surface area contributed by atoms with Gasteiger partial charge in [-0.2, -0.15) is 0 Å². The summed E-state index contributed by atoms with van der Waals surface area (Å²) in [6, 6.07) is -0.0323. The number of halogens is 1. The molecule has 8 heteroatoms. The molecule has 0 aromatic rings. The molecule has 0 spiro atoms. The van der Waals surface area contributed by atoms with E-state index in [4.69, 9.17) is 5.73 Å². The van der Waals surface area contributed by atoms with Crippen molar-refractivity contribution in [3.8, 4) is 0 Å². The summed E-state index contributed by atoms with van der Waals surface area (Å²) in [6.07, 6.45) is 5.65. The summed E-state index contributed by atoms with van der Waals surface area (Å²) in [5.41, 5.74) is 6.09. The second-order valence-corrected chi connectivity index (χ2v) is 6.80. The lowest BCUT2D eigenvalue weighted by molar-refractivity contribution is -0.126. The molecule has 2 saturated carbocycles. The molecule has 0 aromatic carbocycles. The zero-order valence-electron chi connectivity index (χ0n) is 13.1. The van der Waals surface area contributed by atoms with Gasteiger partial charge < -0.3 is 16.0 Å². The average Bonchev–Trinajstić information content (AvgIpc) is 2.43. The van der Waals surface area contributed by atoms with E-state index in [1.54, 1.807) is 0 Å². The number of carbonyl (C=O) groups excluding carboxylic acids is 3. The van der Waals surface area contributed by atoms with Gasteiger partial charge in [0.2, 0.25) is 11.8 Å². The predicted molar refractivity (Wildman–Crippen MR) is 86.9 cm³/mol. The van der Waals surface area contributed by atoms with E-state index < -0.39 is 6.03 Å². The molecule has 7 nitrogen and oxygen atoms in total. The molecule has 1 aliphatic heterocycles. The summed E-state index contributed by atoms with van der Waals surface area (Å²) < 4.78 is 0. The van der Waals surface area contributed by atoms with Gasteiger partial charge in [-0.15, -0.1) is 12.4 Å². The van der Waals surface area contributed by atoms with Gasteiger partial charge in [0, 0.05) is 25.0 Å². The van der Waals surface area contributed by atoms with Crippen molar-refractivity contribution in [2.24, 2.45) is 17.6 Å². The Hall–Kier alpha value is -1.34. The predicted octanol–water partition coefficient (Wildman–Crippen LogP) is 0.372. The second kappa shape index (κ2) is 7.49. The number of carbonyl (C=O) groups is 3. The maximum atomic E-state index is 12.3. The van der Waals surface area contributed by atoms with Crippen molar-refractivity contribution in [1.82, 2.24) is 15.5 Å². The third-order valence-corrected chi connectivity index (χ3v) is 5.18. The largest absolute Gasteiger partial charge is 0.351 e. The van der Waals surface area contributed by atoms with E-state index in [1.165, 1.54) is 11.3 Å². The van der Waals surface area contributed by atoms with Crippen molar-refractivity contribution in [2.45, 2.75) is 50.6 Å². The van der Waals surface area contributed by atoms with E-state index >= 15 is 0 Å². The van der Waals surface area contributed by atoms with Crippen LogP contribution in [0.2, 0.25) is 0 Å². The number of fused-ring (bicyclic) bond motifs is 2. The smallest absolute Gasteiger partial charge is 0.324 e. The first-order chi connectivity index (χ1) is 10.5. The Morgan fingerprint density at radius 3 is 2.52 bits per heavy atom. The van der Waals surface area contributed by atoms with E-state index in [0.29, 0.717) is 18.4 Å². The number of nitrogens with one attached hydrogen (secondary N) is 2. The van der Waals surface area contributed by atoms with Gasteiger partial charge in [-0.1, -0.05) is 6.42 Å². The van der Waals surface area contributed by atoms with Gasteiger partial charge in [0.25, 0.3) is 0 Å². The molecule has 3 rings (SSSR count). The quantitative estimate of drug-likeness (QED) is 0.688.